The van der Waals surface area contributed by atoms with Crippen molar-refractivity contribution in [3.05, 3.63) is 27.8 Å². The van der Waals surface area contributed by atoms with Gasteiger partial charge < -0.3 is 15.7 Å². The molecule has 0 spiro atoms. The van der Waals surface area contributed by atoms with Gasteiger partial charge in [-0.2, -0.15) is 0 Å². The Morgan fingerprint density at radius 3 is 2.90 bits per heavy atom. The van der Waals surface area contributed by atoms with E-state index in [1.165, 1.54) is 6.07 Å². The average molecular weight is 293 g/mol. The standard InChI is InChI=1S/C14H19N3O4/c1-9(18)3-2-6-15-12-7-10-4-5-14(19)16-11(10)8-13(12)17(20)21/h7-9,15,18H,2-6H2,1H3,(H,16,19). The minimum absolute atomic E-state index is 0.0482. The number of carbonyl (C=O) groups is 1. The van der Waals surface area contributed by atoms with Crippen LogP contribution in [0.4, 0.5) is 17.1 Å². The van der Waals surface area contributed by atoms with Crippen LogP contribution >= 0.6 is 0 Å². The fourth-order valence-electron chi connectivity index (χ4n) is 2.33. The van der Waals surface area contributed by atoms with Gasteiger partial charge >= 0.3 is 0 Å². The van der Waals surface area contributed by atoms with Gasteiger partial charge in [-0.05, 0) is 37.8 Å². The van der Waals surface area contributed by atoms with E-state index in [2.05, 4.69) is 10.6 Å². The second-order valence-electron chi connectivity index (χ2n) is 5.25. The van der Waals surface area contributed by atoms with E-state index in [9.17, 15) is 20.0 Å². The van der Waals surface area contributed by atoms with Crippen molar-refractivity contribution >= 4 is 23.0 Å². The second-order valence-corrected chi connectivity index (χ2v) is 5.25. The average Bonchev–Trinajstić information content (AvgIpc) is 2.42. The van der Waals surface area contributed by atoms with Crippen LogP contribution in [0.3, 0.4) is 0 Å². The van der Waals surface area contributed by atoms with E-state index in [-0.39, 0.29) is 17.7 Å². The number of amides is 1. The predicted octanol–water partition coefficient (Wildman–Crippen LogP) is 2.05. The van der Waals surface area contributed by atoms with Crippen molar-refractivity contribution in [1.82, 2.24) is 0 Å². The number of hydrogen-bond acceptors (Lipinski definition) is 5. The van der Waals surface area contributed by atoms with Crippen LogP contribution in [-0.4, -0.2) is 28.6 Å². The molecule has 3 N–H and O–H groups in total. The molecule has 1 heterocycles. The fourth-order valence-corrected chi connectivity index (χ4v) is 2.33. The van der Waals surface area contributed by atoms with Crippen LogP contribution in [0.25, 0.3) is 0 Å². The normalized spacial score (nSPS) is 15.0. The molecule has 21 heavy (non-hydrogen) atoms. The topological polar surface area (TPSA) is 104 Å². The number of aryl methyl sites for hydroxylation is 1. The molecule has 1 aromatic rings. The van der Waals surface area contributed by atoms with Crippen LogP contribution in [0.5, 0.6) is 0 Å². The molecule has 1 aromatic carbocycles. The van der Waals surface area contributed by atoms with E-state index >= 15 is 0 Å². The van der Waals surface area contributed by atoms with Crippen LogP contribution in [-0.2, 0) is 11.2 Å². The Bertz CT molecular complexity index is 557. The van der Waals surface area contributed by atoms with E-state index in [1.807, 2.05) is 0 Å². The van der Waals surface area contributed by atoms with Crippen molar-refractivity contribution in [3.63, 3.8) is 0 Å². The van der Waals surface area contributed by atoms with Gasteiger partial charge in [0.05, 0.1) is 16.7 Å². The first-order chi connectivity index (χ1) is 9.97. The zero-order chi connectivity index (χ0) is 15.4. The number of rotatable bonds is 6. The summed E-state index contributed by atoms with van der Waals surface area (Å²) in [5.41, 5.74) is 1.83. The molecule has 7 heteroatoms. The van der Waals surface area contributed by atoms with E-state index in [0.717, 1.165) is 12.0 Å². The molecule has 114 valence electrons. The molecule has 1 amide bonds. The summed E-state index contributed by atoms with van der Waals surface area (Å²) in [5.74, 6) is -0.116. The number of nitrogens with one attached hydrogen (secondary N) is 2. The largest absolute Gasteiger partial charge is 0.393 e. The molecule has 0 saturated heterocycles. The Morgan fingerprint density at radius 2 is 2.24 bits per heavy atom. The smallest absolute Gasteiger partial charge is 0.294 e. The highest BCUT2D eigenvalue weighted by atomic mass is 16.6. The third-order valence-electron chi connectivity index (χ3n) is 3.43. The number of aliphatic hydroxyl groups is 1. The Kier molecular flexibility index (Phi) is 4.74. The number of benzene rings is 1. The quantitative estimate of drug-likeness (QED) is 0.423. The Hall–Kier alpha value is -2.15. The van der Waals surface area contributed by atoms with Gasteiger partial charge in [0.15, 0.2) is 0 Å². The molecular formula is C14H19N3O4. The Balaban J connectivity index is 2.15. The highest BCUT2D eigenvalue weighted by Crippen LogP contribution is 2.34. The van der Waals surface area contributed by atoms with Crippen LogP contribution in [0.2, 0.25) is 0 Å². The second kappa shape index (κ2) is 6.53. The Morgan fingerprint density at radius 1 is 1.48 bits per heavy atom. The lowest BCUT2D eigenvalue weighted by Crippen LogP contribution is -2.19. The SMILES string of the molecule is CC(O)CCCNc1cc2c(cc1[N+](=O)[O-])NC(=O)CC2. The molecule has 0 fully saturated rings. The molecule has 1 aliphatic heterocycles. The fraction of sp³-hybridized carbons (Fsp3) is 0.500. The summed E-state index contributed by atoms with van der Waals surface area (Å²) in [6.45, 7) is 2.26. The predicted molar refractivity (Wildman–Crippen MR) is 79.5 cm³/mol. The van der Waals surface area contributed by atoms with Gasteiger partial charge in [0.25, 0.3) is 5.69 Å². The van der Waals surface area contributed by atoms with Crippen molar-refractivity contribution in [2.75, 3.05) is 17.2 Å². The molecule has 0 radical (unpaired) electrons. The third-order valence-corrected chi connectivity index (χ3v) is 3.43. The van der Waals surface area contributed by atoms with E-state index in [4.69, 9.17) is 0 Å². The number of nitro benzene ring substituents is 1. The van der Waals surface area contributed by atoms with Gasteiger partial charge in [-0.1, -0.05) is 0 Å². The molecular weight excluding hydrogens is 274 g/mol. The van der Waals surface area contributed by atoms with Crippen LogP contribution in [0.15, 0.2) is 12.1 Å². The van der Waals surface area contributed by atoms with E-state index in [1.54, 1.807) is 13.0 Å². The highest BCUT2D eigenvalue weighted by Gasteiger charge is 2.22. The zero-order valence-electron chi connectivity index (χ0n) is 11.9. The molecule has 1 unspecified atom stereocenters. The summed E-state index contributed by atoms with van der Waals surface area (Å²) in [4.78, 5) is 22.0. The summed E-state index contributed by atoms with van der Waals surface area (Å²) in [7, 11) is 0. The van der Waals surface area contributed by atoms with Crippen molar-refractivity contribution < 1.29 is 14.8 Å². The Labute approximate surface area is 122 Å². The van der Waals surface area contributed by atoms with Gasteiger partial charge in [-0.25, -0.2) is 0 Å². The zero-order valence-corrected chi connectivity index (χ0v) is 11.9. The molecule has 0 saturated carbocycles. The maximum Gasteiger partial charge on any atom is 0.294 e. The van der Waals surface area contributed by atoms with Crippen LogP contribution in [0, 0.1) is 10.1 Å². The third kappa shape index (κ3) is 3.91. The monoisotopic (exact) mass is 293 g/mol. The molecule has 1 atom stereocenters. The first kappa shape index (κ1) is 15.2. The van der Waals surface area contributed by atoms with Gasteiger partial charge in [0.2, 0.25) is 5.91 Å². The van der Waals surface area contributed by atoms with E-state index < -0.39 is 4.92 Å². The minimum Gasteiger partial charge on any atom is -0.393 e. The molecule has 7 nitrogen and oxygen atoms in total. The van der Waals surface area contributed by atoms with Gasteiger partial charge in [0.1, 0.15) is 5.69 Å². The number of fused-ring (bicyclic) bond motifs is 1. The van der Waals surface area contributed by atoms with Crippen molar-refractivity contribution in [3.8, 4) is 0 Å². The van der Waals surface area contributed by atoms with Crippen molar-refractivity contribution in [2.24, 2.45) is 0 Å². The maximum absolute atomic E-state index is 11.3. The van der Waals surface area contributed by atoms with Crippen LogP contribution < -0.4 is 10.6 Å². The molecule has 0 aromatic heterocycles. The number of anilines is 2. The van der Waals surface area contributed by atoms with Gasteiger partial charge in [-0.3, -0.25) is 14.9 Å². The molecule has 0 aliphatic carbocycles. The van der Waals surface area contributed by atoms with Crippen LogP contribution in [0.1, 0.15) is 31.7 Å². The van der Waals surface area contributed by atoms with Gasteiger partial charge in [0, 0.05) is 19.0 Å². The van der Waals surface area contributed by atoms with Gasteiger partial charge in [-0.15, -0.1) is 0 Å². The number of nitro groups is 1. The summed E-state index contributed by atoms with van der Waals surface area (Å²) in [5, 5.41) is 26.0. The lowest BCUT2D eigenvalue weighted by atomic mass is 10.0. The first-order valence-corrected chi connectivity index (χ1v) is 7.00. The number of hydrogen-bond donors (Lipinski definition) is 3. The first-order valence-electron chi connectivity index (χ1n) is 7.00. The molecule has 1 aliphatic rings. The number of aliphatic hydroxyl groups excluding tert-OH is 1. The summed E-state index contributed by atoms with van der Waals surface area (Å²) in [6, 6.07) is 3.14. The number of nitrogens with zero attached hydrogens (tertiary/aromatic N) is 1. The minimum atomic E-state index is -0.460. The lowest BCUT2D eigenvalue weighted by Gasteiger charge is -2.18. The molecule has 0 bridgehead atoms. The van der Waals surface area contributed by atoms with Crippen molar-refractivity contribution in [1.29, 1.82) is 0 Å². The van der Waals surface area contributed by atoms with Crippen molar-refractivity contribution in [2.45, 2.75) is 38.7 Å². The molecule has 2 rings (SSSR count). The lowest BCUT2D eigenvalue weighted by molar-refractivity contribution is -0.383. The maximum atomic E-state index is 11.3. The van der Waals surface area contributed by atoms with E-state index in [0.29, 0.717) is 37.2 Å². The summed E-state index contributed by atoms with van der Waals surface area (Å²) in [6.07, 6.45) is 1.97. The summed E-state index contributed by atoms with van der Waals surface area (Å²) < 4.78 is 0. The summed E-state index contributed by atoms with van der Waals surface area (Å²) >= 11 is 0. The highest BCUT2D eigenvalue weighted by molar-refractivity contribution is 5.95. The number of carbonyl (C=O) groups excluding carboxylic acids is 1.